The number of nitrogens with zero attached hydrogens (tertiary/aromatic N) is 1. The zero-order valence-corrected chi connectivity index (χ0v) is 10.8. The second-order valence-electron chi connectivity index (χ2n) is 4.14. The van der Waals surface area contributed by atoms with Crippen molar-refractivity contribution in [2.75, 3.05) is 0 Å². The summed E-state index contributed by atoms with van der Waals surface area (Å²) in [5.41, 5.74) is 4.22. The fourth-order valence-corrected chi connectivity index (χ4v) is 1.60. The van der Waals surface area contributed by atoms with E-state index in [0.717, 1.165) is 6.07 Å². The van der Waals surface area contributed by atoms with E-state index in [-0.39, 0.29) is 18.4 Å². The molecule has 1 atom stereocenters. The van der Waals surface area contributed by atoms with Crippen LogP contribution in [0.3, 0.4) is 0 Å². The van der Waals surface area contributed by atoms with Crippen LogP contribution in [-0.4, -0.2) is 33.9 Å². The summed E-state index contributed by atoms with van der Waals surface area (Å²) in [6.07, 6.45) is -0.425. The molecular formula is C12H13N3O6. The van der Waals surface area contributed by atoms with Crippen LogP contribution in [0.4, 0.5) is 5.69 Å². The van der Waals surface area contributed by atoms with Crippen molar-refractivity contribution in [3.05, 3.63) is 39.9 Å². The van der Waals surface area contributed by atoms with Crippen LogP contribution < -0.4 is 11.1 Å². The number of aliphatic carboxylic acids is 1. The van der Waals surface area contributed by atoms with Gasteiger partial charge in [-0.05, 0) is 12.5 Å². The van der Waals surface area contributed by atoms with E-state index in [9.17, 15) is 24.5 Å². The number of nitrogens with two attached hydrogens (primary N) is 1. The maximum absolute atomic E-state index is 11.9. The van der Waals surface area contributed by atoms with E-state index in [2.05, 4.69) is 5.32 Å². The average molecular weight is 295 g/mol. The van der Waals surface area contributed by atoms with Crippen LogP contribution in [0, 0.1) is 10.1 Å². The van der Waals surface area contributed by atoms with E-state index >= 15 is 0 Å². The minimum atomic E-state index is -1.36. The number of benzene rings is 1. The van der Waals surface area contributed by atoms with E-state index < -0.39 is 34.4 Å². The highest BCUT2D eigenvalue weighted by Gasteiger charge is 2.25. The number of amides is 2. The van der Waals surface area contributed by atoms with Crippen LogP contribution in [0.5, 0.6) is 0 Å². The van der Waals surface area contributed by atoms with Gasteiger partial charge in [0.2, 0.25) is 5.91 Å². The Morgan fingerprint density at radius 3 is 2.48 bits per heavy atom. The van der Waals surface area contributed by atoms with Crippen molar-refractivity contribution in [3.8, 4) is 0 Å². The third-order valence-corrected chi connectivity index (χ3v) is 2.63. The minimum absolute atomic E-state index is 0.197. The Kier molecular flexibility index (Phi) is 5.35. The molecule has 1 aromatic carbocycles. The fraction of sp³-hybridized carbons (Fsp3) is 0.250. The molecule has 0 heterocycles. The molecule has 0 aliphatic heterocycles. The number of primary amides is 1. The highest BCUT2D eigenvalue weighted by atomic mass is 16.6. The van der Waals surface area contributed by atoms with Crippen molar-refractivity contribution in [2.24, 2.45) is 5.73 Å². The van der Waals surface area contributed by atoms with Crippen molar-refractivity contribution >= 4 is 23.5 Å². The molecule has 1 rings (SSSR count). The van der Waals surface area contributed by atoms with Crippen molar-refractivity contribution in [1.29, 1.82) is 0 Å². The lowest BCUT2D eigenvalue weighted by atomic mass is 10.1. The number of para-hydroxylation sites is 1. The van der Waals surface area contributed by atoms with Crippen LogP contribution in [0.25, 0.3) is 0 Å². The Hall–Kier alpha value is -2.97. The van der Waals surface area contributed by atoms with Gasteiger partial charge in [-0.15, -0.1) is 0 Å². The molecule has 21 heavy (non-hydrogen) atoms. The van der Waals surface area contributed by atoms with Gasteiger partial charge in [0.15, 0.2) is 0 Å². The Morgan fingerprint density at radius 1 is 1.33 bits per heavy atom. The monoisotopic (exact) mass is 295 g/mol. The van der Waals surface area contributed by atoms with Crippen LogP contribution in [0.15, 0.2) is 24.3 Å². The third-order valence-electron chi connectivity index (χ3n) is 2.63. The number of carboxylic acids is 1. The maximum atomic E-state index is 11.9. The van der Waals surface area contributed by atoms with Gasteiger partial charge in [-0.1, -0.05) is 12.1 Å². The van der Waals surface area contributed by atoms with E-state index in [1.807, 2.05) is 0 Å². The van der Waals surface area contributed by atoms with E-state index in [1.165, 1.54) is 18.2 Å². The molecule has 0 aliphatic rings. The second-order valence-corrected chi connectivity index (χ2v) is 4.14. The summed E-state index contributed by atoms with van der Waals surface area (Å²) in [6, 6.07) is 3.79. The van der Waals surface area contributed by atoms with Gasteiger partial charge in [0.1, 0.15) is 11.6 Å². The van der Waals surface area contributed by atoms with Crippen molar-refractivity contribution < 1.29 is 24.4 Å². The summed E-state index contributed by atoms with van der Waals surface area (Å²) in [5.74, 6) is -2.97. The first-order chi connectivity index (χ1) is 9.82. The van der Waals surface area contributed by atoms with Crippen LogP contribution in [0.2, 0.25) is 0 Å². The number of hydrogen-bond donors (Lipinski definition) is 3. The molecule has 0 spiro atoms. The summed E-state index contributed by atoms with van der Waals surface area (Å²) in [7, 11) is 0. The smallest absolute Gasteiger partial charge is 0.326 e. The highest BCUT2D eigenvalue weighted by molar-refractivity contribution is 6.00. The first-order valence-electron chi connectivity index (χ1n) is 5.88. The van der Waals surface area contributed by atoms with Gasteiger partial charge in [-0.2, -0.15) is 0 Å². The van der Waals surface area contributed by atoms with Gasteiger partial charge in [0, 0.05) is 12.5 Å². The molecule has 0 bridgehead atoms. The number of carbonyl (C=O) groups is 3. The number of hydrogen-bond acceptors (Lipinski definition) is 5. The molecular weight excluding hydrogens is 282 g/mol. The zero-order valence-electron chi connectivity index (χ0n) is 10.8. The van der Waals surface area contributed by atoms with Crippen molar-refractivity contribution in [1.82, 2.24) is 5.32 Å². The van der Waals surface area contributed by atoms with Crippen LogP contribution >= 0.6 is 0 Å². The fourth-order valence-electron chi connectivity index (χ4n) is 1.60. The number of carbonyl (C=O) groups excluding carboxylic acids is 2. The maximum Gasteiger partial charge on any atom is 0.326 e. The molecule has 0 radical (unpaired) electrons. The molecule has 0 saturated carbocycles. The number of carboxylic acid groups (broad SMARTS) is 1. The lowest BCUT2D eigenvalue weighted by Gasteiger charge is -2.13. The summed E-state index contributed by atoms with van der Waals surface area (Å²) in [4.78, 5) is 43.7. The van der Waals surface area contributed by atoms with Gasteiger partial charge < -0.3 is 16.2 Å². The second kappa shape index (κ2) is 6.98. The first-order valence-corrected chi connectivity index (χ1v) is 5.88. The molecule has 1 aromatic rings. The van der Waals surface area contributed by atoms with Crippen molar-refractivity contribution in [2.45, 2.75) is 18.9 Å². The normalized spacial score (nSPS) is 11.4. The SMILES string of the molecule is NC(=O)CCC(NC(=O)c1ccccc1[N+](=O)[O-])C(=O)O. The lowest BCUT2D eigenvalue weighted by molar-refractivity contribution is -0.385. The number of nitrogens with one attached hydrogen (secondary N) is 1. The van der Waals surface area contributed by atoms with Gasteiger partial charge >= 0.3 is 5.97 Å². The average Bonchev–Trinajstić information content (AvgIpc) is 2.42. The minimum Gasteiger partial charge on any atom is -0.480 e. The van der Waals surface area contributed by atoms with E-state index in [0.29, 0.717) is 0 Å². The molecule has 9 nitrogen and oxygen atoms in total. The Morgan fingerprint density at radius 2 is 1.95 bits per heavy atom. The Bertz CT molecular complexity index is 586. The van der Waals surface area contributed by atoms with Gasteiger partial charge in [-0.25, -0.2) is 4.79 Å². The van der Waals surface area contributed by atoms with Crippen molar-refractivity contribution in [3.63, 3.8) is 0 Å². The standard InChI is InChI=1S/C12H13N3O6/c13-10(16)6-5-8(12(18)19)14-11(17)7-3-1-2-4-9(7)15(20)21/h1-4,8H,5-6H2,(H2,13,16)(H,14,17)(H,18,19). The zero-order chi connectivity index (χ0) is 16.0. The molecule has 1 unspecified atom stereocenters. The Balaban J connectivity index is 2.90. The summed E-state index contributed by atoms with van der Waals surface area (Å²) in [6.45, 7) is 0. The van der Waals surface area contributed by atoms with Crippen LogP contribution in [0.1, 0.15) is 23.2 Å². The van der Waals surface area contributed by atoms with E-state index in [1.54, 1.807) is 0 Å². The number of rotatable bonds is 7. The van der Waals surface area contributed by atoms with Gasteiger partial charge in [0.25, 0.3) is 11.6 Å². The quantitative estimate of drug-likeness (QED) is 0.477. The van der Waals surface area contributed by atoms with Gasteiger partial charge in [0.05, 0.1) is 4.92 Å². The molecule has 9 heteroatoms. The topological polar surface area (TPSA) is 153 Å². The third kappa shape index (κ3) is 4.56. The first kappa shape index (κ1) is 16.1. The molecule has 112 valence electrons. The summed E-state index contributed by atoms with van der Waals surface area (Å²) >= 11 is 0. The molecule has 0 fully saturated rings. The van der Waals surface area contributed by atoms with Crippen LogP contribution in [-0.2, 0) is 9.59 Å². The number of nitro groups is 1. The molecule has 2 amide bonds. The van der Waals surface area contributed by atoms with E-state index in [4.69, 9.17) is 10.8 Å². The predicted molar refractivity (Wildman–Crippen MR) is 70.4 cm³/mol. The Labute approximate surface area is 118 Å². The highest BCUT2D eigenvalue weighted by Crippen LogP contribution is 2.17. The largest absolute Gasteiger partial charge is 0.480 e. The molecule has 0 aliphatic carbocycles. The molecule has 4 N–H and O–H groups in total. The molecule has 0 aromatic heterocycles. The number of nitro benzene ring substituents is 1. The molecule has 0 saturated heterocycles. The lowest BCUT2D eigenvalue weighted by Crippen LogP contribution is -2.41. The summed E-state index contributed by atoms with van der Waals surface area (Å²) in [5, 5.41) is 21.9. The summed E-state index contributed by atoms with van der Waals surface area (Å²) < 4.78 is 0. The van der Waals surface area contributed by atoms with Gasteiger partial charge in [-0.3, -0.25) is 19.7 Å². The predicted octanol–water partition coefficient (Wildman–Crippen LogP) is 0.0433.